The van der Waals surface area contributed by atoms with Crippen molar-refractivity contribution in [1.29, 1.82) is 0 Å². The number of likely N-dealkylation sites (N-methyl/N-ethyl adjacent to an activating group) is 1. The maximum absolute atomic E-state index is 13.6. The van der Waals surface area contributed by atoms with Crippen molar-refractivity contribution in [3.05, 3.63) is 23.8 Å². The first-order valence-electron chi connectivity index (χ1n) is 6.54. The molecule has 5 heteroatoms. The van der Waals surface area contributed by atoms with Crippen LogP contribution in [0.3, 0.4) is 0 Å². The lowest BCUT2D eigenvalue weighted by Gasteiger charge is -2.25. The molecule has 1 saturated heterocycles. The molecule has 0 saturated carbocycles. The van der Waals surface area contributed by atoms with Gasteiger partial charge in [0.05, 0.1) is 19.3 Å². The summed E-state index contributed by atoms with van der Waals surface area (Å²) in [5.41, 5.74) is 1.09. The first-order valence-corrected chi connectivity index (χ1v) is 6.54. The molecular weight excluding hydrogens is 249 g/mol. The molecule has 4 nitrogen and oxygen atoms in total. The summed E-state index contributed by atoms with van der Waals surface area (Å²) in [6.45, 7) is 2.51. The molecule has 1 aromatic carbocycles. The Balaban J connectivity index is 1.69. The van der Waals surface area contributed by atoms with Gasteiger partial charge in [-0.15, -0.1) is 0 Å². The van der Waals surface area contributed by atoms with Gasteiger partial charge < -0.3 is 14.2 Å². The topological polar surface area (TPSA) is 30.9 Å². The maximum Gasteiger partial charge on any atom is 0.161 e. The number of nitrogens with zero attached hydrogens (tertiary/aromatic N) is 1. The van der Waals surface area contributed by atoms with Crippen LogP contribution < -0.4 is 9.47 Å². The van der Waals surface area contributed by atoms with Gasteiger partial charge in [-0.1, -0.05) is 6.07 Å². The molecule has 3 rings (SSSR count). The number of benzene rings is 1. The highest BCUT2D eigenvalue weighted by Crippen LogP contribution is 2.31. The van der Waals surface area contributed by atoms with Crippen LogP contribution in [0.15, 0.2) is 18.2 Å². The van der Waals surface area contributed by atoms with Crippen LogP contribution in [0.2, 0.25) is 0 Å². The zero-order valence-electron chi connectivity index (χ0n) is 11.0. The molecule has 1 aromatic rings. The molecule has 2 aliphatic rings. The van der Waals surface area contributed by atoms with Gasteiger partial charge in [0.25, 0.3) is 0 Å². The molecule has 0 aromatic heterocycles. The van der Waals surface area contributed by atoms with Crippen LogP contribution in [0.5, 0.6) is 11.5 Å². The van der Waals surface area contributed by atoms with Gasteiger partial charge in [-0.25, -0.2) is 4.39 Å². The lowest BCUT2D eigenvalue weighted by Crippen LogP contribution is -2.38. The largest absolute Gasteiger partial charge is 0.486 e. The Morgan fingerprint density at radius 3 is 2.74 bits per heavy atom. The highest BCUT2D eigenvalue weighted by Gasteiger charge is 2.31. The van der Waals surface area contributed by atoms with Gasteiger partial charge in [-0.2, -0.15) is 0 Å². The highest BCUT2D eigenvalue weighted by molar-refractivity contribution is 5.43. The predicted molar refractivity (Wildman–Crippen MR) is 68.4 cm³/mol. The fourth-order valence-corrected chi connectivity index (χ4v) is 2.51. The van der Waals surface area contributed by atoms with Gasteiger partial charge in [0.2, 0.25) is 0 Å². The minimum absolute atomic E-state index is 0.159. The molecule has 1 fully saturated rings. The van der Waals surface area contributed by atoms with Gasteiger partial charge in [0, 0.05) is 6.54 Å². The fraction of sp³-hybridized carbons (Fsp3) is 0.571. The van der Waals surface area contributed by atoms with E-state index in [2.05, 4.69) is 0 Å². The van der Waals surface area contributed by atoms with Crippen molar-refractivity contribution < 1.29 is 18.6 Å². The molecule has 0 amide bonds. The second-order valence-electron chi connectivity index (χ2n) is 5.01. The van der Waals surface area contributed by atoms with Crippen molar-refractivity contribution in [2.75, 3.05) is 33.5 Å². The van der Waals surface area contributed by atoms with Gasteiger partial charge in [0.15, 0.2) is 11.5 Å². The van der Waals surface area contributed by atoms with Gasteiger partial charge in [-0.3, -0.25) is 4.90 Å². The van der Waals surface area contributed by atoms with Crippen LogP contribution in [-0.4, -0.2) is 50.6 Å². The highest BCUT2D eigenvalue weighted by atomic mass is 19.1. The van der Waals surface area contributed by atoms with Crippen molar-refractivity contribution in [2.24, 2.45) is 0 Å². The summed E-state index contributed by atoms with van der Waals surface area (Å²) in [5.74, 6) is 1.56. The first-order chi connectivity index (χ1) is 9.24. The number of alkyl halides is 1. The molecule has 2 atom stereocenters. The number of ether oxygens (including phenoxy) is 3. The van der Waals surface area contributed by atoms with E-state index in [1.165, 1.54) is 0 Å². The number of rotatable bonds is 3. The van der Waals surface area contributed by atoms with Crippen LogP contribution in [0, 0.1) is 0 Å². The minimum atomic E-state index is -0.901. The standard InChI is InChI=1S/C14H18FNO3/c1-16(12-9-17-8-11(12)15)7-10-2-3-13-14(6-10)19-5-4-18-13/h2-3,6,11-12H,4-5,7-9H2,1H3. The third-order valence-electron chi connectivity index (χ3n) is 3.59. The molecule has 0 spiro atoms. The molecule has 2 unspecified atom stereocenters. The lowest BCUT2D eigenvalue weighted by molar-refractivity contribution is 0.152. The summed E-state index contributed by atoms with van der Waals surface area (Å²) >= 11 is 0. The van der Waals surface area contributed by atoms with Crippen molar-refractivity contribution >= 4 is 0 Å². The van der Waals surface area contributed by atoms with Crippen LogP contribution in [0.25, 0.3) is 0 Å². The van der Waals surface area contributed by atoms with Crippen molar-refractivity contribution in [3.63, 3.8) is 0 Å². The van der Waals surface area contributed by atoms with Gasteiger partial charge >= 0.3 is 0 Å². The second-order valence-corrected chi connectivity index (χ2v) is 5.01. The maximum atomic E-state index is 13.6. The molecule has 2 aliphatic heterocycles. The van der Waals surface area contributed by atoms with Gasteiger partial charge in [0.1, 0.15) is 19.4 Å². The summed E-state index contributed by atoms with van der Waals surface area (Å²) in [4.78, 5) is 1.99. The molecule has 2 heterocycles. The van der Waals surface area contributed by atoms with Crippen molar-refractivity contribution in [3.8, 4) is 11.5 Å². The van der Waals surface area contributed by atoms with E-state index >= 15 is 0 Å². The Morgan fingerprint density at radius 2 is 2.00 bits per heavy atom. The summed E-state index contributed by atoms with van der Waals surface area (Å²) < 4.78 is 29.8. The van der Waals surface area contributed by atoms with Crippen LogP contribution in [0.4, 0.5) is 4.39 Å². The Kier molecular flexibility index (Phi) is 3.57. The minimum Gasteiger partial charge on any atom is -0.486 e. The molecular formula is C14H18FNO3. The Morgan fingerprint density at radius 1 is 1.21 bits per heavy atom. The molecule has 104 valence electrons. The SMILES string of the molecule is CN(Cc1ccc2c(c1)OCCO2)C1COCC1F. The van der Waals surface area contributed by atoms with E-state index < -0.39 is 6.17 Å². The number of hydrogen-bond donors (Lipinski definition) is 0. The van der Waals surface area contributed by atoms with E-state index in [1.807, 2.05) is 30.1 Å². The average molecular weight is 267 g/mol. The molecule has 0 N–H and O–H groups in total. The van der Waals surface area contributed by atoms with E-state index in [1.54, 1.807) is 0 Å². The van der Waals surface area contributed by atoms with E-state index in [-0.39, 0.29) is 12.6 Å². The normalized spacial score (nSPS) is 25.8. The smallest absolute Gasteiger partial charge is 0.161 e. The van der Waals surface area contributed by atoms with Crippen LogP contribution >= 0.6 is 0 Å². The first kappa shape index (κ1) is 12.7. The van der Waals surface area contributed by atoms with Crippen LogP contribution in [-0.2, 0) is 11.3 Å². The zero-order chi connectivity index (χ0) is 13.2. The molecule has 0 bridgehead atoms. The average Bonchev–Trinajstić information content (AvgIpc) is 2.85. The predicted octanol–water partition coefficient (Wildman–Crippen LogP) is 1.63. The van der Waals surface area contributed by atoms with E-state index in [9.17, 15) is 4.39 Å². The monoisotopic (exact) mass is 267 g/mol. The van der Waals surface area contributed by atoms with Gasteiger partial charge in [-0.05, 0) is 24.7 Å². The molecule has 0 radical (unpaired) electrons. The quantitative estimate of drug-likeness (QED) is 0.833. The van der Waals surface area contributed by atoms with Crippen molar-refractivity contribution in [2.45, 2.75) is 18.8 Å². The summed E-state index contributed by atoms with van der Waals surface area (Å²) in [7, 11) is 1.92. The summed E-state index contributed by atoms with van der Waals surface area (Å²) in [5, 5.41) is 0. The fourth-order valence-electron chi connectivity index (χ4n) is 2.51. The number of hydrogen-bond acceptors (Lipinski definition) is 4. The third-order valence-corrected chi connectivity index (χ3v) is 3.59. The zero-order valence-corrected chi connectivity index (χ0v) is 11.0. The van der Waals surface area contributed by atoms with E-state index in [0.717, 1.165) is 17.1 Å². The van der Waals surface area contributed by atoms with Crippen molar-refractivity contribution in [1.82, 2.24) is 4.90 Å². The third kappa shape index (κ3) is 2.67. The number of halogens is 1. The summed E-state index contributed by atoms with van der Waals surface area (Å²) in [6.07, 6.45) is -0.901. The van der Waals surface area contributed by atoms with E-state index in [4.69, 9.17) is 14.2 Å². The molecule has 0 aliphatic carbocycles. The van der Waals surface area contributed by atoms with E-state index in [0.29, 0.717) is 26.4 Å². The summed E-state index contributed by atoms with van der Waals surface area (Å²) in [6, 6.07) is 5.71. The lowest BCUT2D eigenvalue weighted by atomic mass is 10.1. The Hall–Kier alpha value is -1.33. The Bertz CT molecular complexity index is 454. The second kappa shape index (κ2) is 5.35. The molecule has 19 heavy (non-hydrogen) atoms. The number of fused-ring (bicyclic) bond motifs is 1. The Labute approximate surface area is 112 Å². The van der Waals surface area contributed by atoms with Crippen LogP contribution in [0.1, 0.15) is 5.56 Å².